The van der Waals surface area contributed by atoms with E-state index in [4.69, 9.17) is 4.74 Å². The molecule has 1 aliphatic heterocycles. The molecular formula is C12H24ClNO2. The number of halogens is 1. The molecule has 1 aliphatic rings. The van der Waals surface area contributed by atoms with E-state index in [-0.39, 0.29) is 24.0 Å². The number of hydrogen-bond acceptors (Lipinski definition) is 3. The molecule has 3 nitrogen and oxygen atoms in total. The van der Waals surface area contributed by atoms with Gasteiger partial charge < -0.3 is 10.1 Å². The highest BCUT2D eigenvalue weighted by atomic mass is 35.5. The van der Waals surface area contributed by atoms with Crippen molar-refractivity contribution in [2.45, 2.75) is 52.1 Å². The molecule has 0 aromatic carbocycles. The van der Waals surface area contributed by atoms with Crippen LogP contribution in [0.15, 0.2) is 0 Å². The second kappa shape index (κ2) is 7.13. The molecule has 0 radical (unpaired) electrons. The summed E-state index contributed by atoms with van der Waals surface area (Å²) >= 11 is 0. The molecule has 1 rings (SSSR count). The van der Waals surface area contributed by atoms with Gasteiger partial charge in [-0.15, -0.1) is 12.4 Å². The van der Waals surface area contributed by atoms with Crippen molar-refractivity contribution in [3.63, 3.8) is 0 Å². The quantitative estimate of drug-likeness (QED) is 0.782. The van der Waals surface area contributed by atoms with Crippen molar-refractivity contribution in [1.82, 2.24) is 5.32 Å². The Hall–Kier alpha value is -0.280. The van der Waals surface area contributed by atoms with Crippen LogP contribution in [0.25, 0.3) is 0 Å². The molecule has 1 N–H and O–H groups in total. The van der Waals surface area contributed by atoms with Gasteiger partial charge in [0.15, 0.2) is 0 Å². The van der Waals surface area contributed by atoms with Gasteiger partial charge >= 0.3 is 5.97 Å². The lowest BCUT2D eigenvalue weighted by Crippen LogP contribution is -2.29. The molecule has 0 unspecified atom stereocenters. The number of carbonyl (C=O) groups is 1. The SMILES string of the molecule is CC(C)(C)OC(=O)CCC1CCNCC1.Cl. The van der Waals surface area contributed by atoms with Gasteiger partial charge in [-0.1, -0.05) is 0 Å². The van der Waals surface area contributed by atoms with Crippen molar-refractivity contribution in [2.24, 2.45) is 5.92 Å². The predicted octanol–water partition coefficient (Wildman–Crippen LogP) is 2.53. The van der Waals surface area contributed by atoms with Gasteiger partial charge in [0.05, 0.1) is 0 Å². The molecular weight excluding hydrogens is 226 g/mol. The topological polar surface area (TPSA) is 38.3 Å². The van der Waals surface area contributed by atoms with Crippen molar-refractivity contribution in [1.29, 1.82) is 0 Å². The molecule has 0 bridgehead atoms. The lowest BCUT2D eigenvalue weighted by molar-refractivity contribution is -0.155. The highest BCUT2D eigenvalue weighted by Crippen LogP contribution is 2.19. The third-order valence-corrected chi connectivity index (χ3v) is 2.64. The Labute approximate surface area is 105 Å². The van der Waals surface area contributed by atoms with E-state index >= 15 is 0 Å². The Balaban J connectivity index is 0.00000225. The highest BCUT2D eigenvalue weighted by molar-refractivity contribution is 5.85. The average molecular weight is 250 g/mol. The summed E-state index contributed by atoms with van der Waals surface area (Å²) in [6.07, 6.45) is 3.95. The van der Waals surface area contributed by atoms with Crippen LogP contribution in [0.2, 0.25) is 0 Å². The number of carbonyl (C=O) groups excluding carboxylic acids is 1. The summed E-state index contributed by atoms with van der Waals surface area (Å²) < 4.78 is 5.27. The zero-order valence-corrected chi connectivity index (χ0v) is 11.4. The van der Waals surface area contributed by atoms with Gasteiger partial charge in [0.1, 0.15) is 5.60 Å². The first-order chi connectivity index (χ1) is 6.97. The second-order valence-electron chi connectivity index (χ2n) is 5.32. The van der Waals surface area contributed by atoms with E-state index in [2.05, 4.69) is 5.32 Å². The first-order valence-corrected chi connectivity index (χ1v) is 5.90. The summed E-state index contributed by atoms with van der Waals surface area (Å²) in [5.74, 6) is 0.653. The van der Waals surface area contributed by atoms with E-state index in [1.807, 2.05) is 20.8 Å². The van der Waals surface area contributed by atoms with E-state index in [9.17, 15) is 4.79 Å². The minimum absolute atomic E-state index is 0. The molecule has 0 spiro atoms. The summed E-state index contributed by atoms with van der Waals surface area (Å²) in [4.78, 5) is 11.5. The Morgan fingerprint density at radius 1 is 1.31 bits per heavy atom. The maximum Gasteiger partial charge on any atom is 0.306 e. The zero-order valence-electron chi connectivity index (χ0n) is 10.5. The summed E-state index contributed by atoms with van der Waals surface area (Å²) in [7, 11) is 0. The number of piperidine rings is 1. The van der Waals surface area contributed by atoms with E-state index in [0.717, 1.165) is 19.5 Å². The largest absolute Gasteiger partial charge is 0.460 e. The molecule has 96 valence electrons. The van der Waals surface area contributed by atoms with Crippen molar-refractivity contribution >= 4 is 18.4 Å². The van der Waals surface area contributed by atoms with Gasteiger partial charge in [-0.3, -0.25) is 4.79 Å². The van der Waals surface area contributed by atoms with Crippen molar-refractivity contribution in [3.8, 4) is 0 Å². The first-order valence-electron chi connectivity index (χ1n) is 5.90. The summed E-state index contributed by atoms with van der Waals surface area (Å²) in [5, 5.41) is 3.32. The van der Waals surface area contributed by atoms with E-state index in [1.165, 1.54) is 12.8 Å². The summed E-state index contributed by atoms with van der Waals surface area (Å²) in [5.41, 5.74) is -0.342. The van der Waals surface area contributed by atoms with Crippen LogP contribution < -0.4 is 5.32 Å². The molecule has 1 saturated heterocycles. The lowest BCUT2D eigenvalue weighted by atomic mass is 9.93. The number of ether oxygens (including phenoxy) is 1. The third-order valence-electron chi connectivity index (χ3n) is 2.64. The van der Waals surface area contributed by atoms with Crippen LogP contribution in [0.5, 0.6) is 0 Å². The minimum atomic E-state index is -0.342. The lowest BCUT2D eigenvalue weighted by Gasteiger charge is -2.23. The Morgan fingerprint density at radius 2 is 1.88 bits per heavy atom. The summed E-state index contributed by atoms with van der Waals surface area (Å²) in [6, 6.07) is 0. The number of esters is 1. The fourth-order valence-corrected chi connectivity index (χ4v) is 1.88. The molecule has 16 heavy (non-hydrogen) atoms. The van der Waals surface area contributed by atoms with Crippen LogP contribution in [-0.2, 0) is 9.53 Å². The predicted molar refractivity (Wildman–Crippen MR) is 67.9 cm³/mol. The normalized spacial score (nSPS) is 17.7. The number of rotatable bonds is 3. The van der Waals surface area contributed by atoms with Gasteiger partial charge in [-0.25, -0.2) is 0 Å². The molecule has 0 saturated carbocycles. The van der Waals surface area contributed by atoms with Crippen LogP contribution in [-0.4, -0.2) is 24.7 Å². The maximum atomic E-state index is 11.5. The monoisotopic (exact) mass is 249 g/mol. The Morgan fingerprint density at radius 3 is 2.38 bits per heavy atom. The van der Waals surface area contributed by atoms with Crippen molar-refractivity contribution in [2.75, 3.05) is 13.1 Å². The Bertz CT molecular complexity index is 208. The van der Waals surface area contributed by atoms with Crippen LogP contribution >= 0.6 is 12.4 Å². The van der Waals surface area contributed by atoms with Gasteiger partial charge in [-0.2, -0.15) is 0 Å². The average Bonchev–Trinajstić information content (AvgIpc) is 2.14. The molecule has 0 atom stereocenters. The van der Waals surface area contributed by atoms with Gasteiger partial charge in [-0.05, 0) is 59.0 Å². The maximum absolute atomic E-state index is 11.5. The second-order valence-corrected chi connectivity index (χ2v) is 5.32. The fourth-order valence-electron chi connectivity index (χ4n) is 1.88. The van der Waals surface area contributed by atoms with Crippen LogP contribution in [0.3, 0.4) is 0 Å². The molecule has 4 heteroatoms. The van der Waals surface area contributed by atoms with Gasteiger partial charge in [0.2, 0.25) is 0 Å². The third kappa shape index (κ3) is 7.07. The van der Waals surface area contributed by atoms with Crippen LogP contribution in [0.1, 0.15) is 46.5 Å². The molecule has 0 aromatic rings. The summed E-state index contributed by atoms with van der Waals surface area (Å²) in [6.45, 7) is 7.93. The Kier molecular flexibility index (Phi) is 7.00. The molecule has 0 aliphatic carbocycles. The molecule has 1 heterocycles. The molecule has 0 amide bonds. The number of nitrogens with one attached hydrogen (secondary N) is 1. The van der Waals surface area contributed by atoms with Gasteiger partial charge in [0.25, 0.3) is 0 Å². The minimum Gasteiger partial charge on any atom is -0.460 e. The molecule has 1 fully saturated rings. The van der Waals surface area contributed by atoms with Crippen molar-refractivity contribution < 1.29 is 9.53 Å². The van der Waals surface area contributed by atoms with E-state index in [0.29, 0.717) is 12.3 Å². The van der Waals surface area contributed by atoms with Gasteiger partial charge in [0, 0.05) is 6.42 Å². The van der Waals surface area contributed by atoms with Crippen molar-refractivity contribution in [3.05, 3.63) is 0 Å². The zero-order chi connectivity index (χ0) is 11.3. The van der Waals surface area contributed by atoms with Crippen LogP contribution in [0, 0.1) is 5.92 Å². The smallest absolute Gasteiger partial charge is 0.306 e. The highest BCUT2D eigenvalue weighted by Gasteiger charge is 2.18. The van der Waals surface area contributed by atoms with E-state index < -0.39 is 0 Å². The number of hydrogen-bond donors (Lipinski definition) is 1. The van der Waals surface area contributed by atoms with Crippen LogP contribution in [0.4, 0.5) is 0 Å². The standard InChI is InChI=1S/C12H23NO2.ClH/c1-12(2,3)15-11(14)5-4-10-6-8-13-9-7-10;/h10,13H,4-9H2,1-3H3;1H. The molecule has 0 aromatic heterocycles. The van der Waals surface area contributed by atoms with E-state index in [1.54, 1.807) is 0 Å². The first kappa shape index (κ1) is 15.7. The fraction of sp³-hybridized carbons (Fsp3) is 0.917.